The van der Waals surface area contributed by atoms with E-state index < -0.39 is 0 Å². The van der Waals surface area contributed by atoms with E-state index in [1.165, 1.54) is 0 Å². The molecule has 0 aliphatic rings. The van der Waals surface area contributed by atoms with Crippen LogP contribution in [0.25, 0.3) is 0 Å². The minimum absolute atomic E-state index is 0.0684. The Morgan fingerprint density at radius 3 is 2.67 bits per heavy atom. The lowest BCUT2D eigenvalue weighted by Gasteiger charge is -1.90. The molecule has 0 radical (unpaired) electrons. The minimum Gasteiger partial charge on any atom is -0.306 e. The fraction of sp³-hybridized carbons (Fsp3) is 0.400. The van der Waals surface area contributed by atoms with Gasteiger partial charge >= 0.3 is 0 Å². The first-order valence-corrected chi connectivity index (χ1v) is 3.57. The summed E-state index contributed by atoms with van der Waals surface area (Å²) < 4.78 is 0.0684. The summed E-state index contributed by atoms with van der Waals surface area (Å²) in [5, 5.41) is 14.9. The summed E-state index contributed by atoms with van der Waals surface area (Å²) in [5.74, 6) is 0. The second-order valence-electron chi connectivity index (χ2n) is 1.34. The van der Waals surface area contributed by atoms with Gasteiger partial charge in [-0.2, -0.15) is 5.26 Å². The molecule has 9 heavy (non-hydrogen) atoms. The van der Waals surface area contributed by atoms with Gasteiger partial charge in [0.25, 0.3) is 0 Å². The largest absolute Gasteiger partial charge is 0.306 e. The van der Waals surface area contributed by atoms with Gasteiger partial charge in [-0.3, -0.25) is 4.99 Å². The van der Waals surface area contributed by atoms with Crippen molar-refractivity contribution in [3.8, 4) is 6.07 Å². The van der Waals surface area contributed by atoms with Crippen molar-refractivity contribution in [2.45, 2.75) is 11.0 Å². The Morgan fingerprint density at radius 2 is 2.56 bits per heavy atom. The van der Waals surface area contributed by atoms with E-state index in [1.54, 1.807) is 6.07 Å². The Hall–Kier alpha value is -0.440. The second kappa shape index (κ2) is 4.44. The summed E-state index contributed by atoms with van der Waals surface area (Å²) in [5.41, 5.74) is 0.178. The van der Waals surface area contributed by atoms with Crippen molar-refractivity contribution in [3.05, 3.63) is 0 Å². The number of aliphatic imine (C=N–C) groups is 1. The number of nitrogens with one attached hydrogen (secondary N) is 1. The van der Waals surface area contributed by atoms with Gasteiger partial charge < -0.3 is 5.41 Å². The highest BCUT2D eigenvalue weighted by atomic mass is 127. The summed E-state index contributed by atoms with van der Waals surface area (Å²) in [6.07, 6.45) is 0.954. The van der Waals surface area contributed by atoms with Crippen molar-refractivity contribution in [3.63, 3.8) is 0 Å². The van der Waals surface area contributed by atoms with Crippen LogP contribution >= 0.6 is 22.6 Å². The fourth-order valence-corrected chi connectivity index (χ4v) is 0.590. The van der Waals surface area contributed by atoms with Gasteiger partial charge in [0.15, 0.2) is 5.71 Å². The number of nitriles is 1. The van der Waals surface area contributed by atoms with Gasteiger partial charge in [-0.25, -0.2) is 0 Å². The highest BCUT2D eigenvalue weighted by Crippen LogP contribution is 1.98. The van der Waals surface area contributed by atoms with Crippen LogP contribution in [0.15, 0.2) is 4.99 Å². The molecule has 0 rings (SSSR count). The molecule has 3 nitrogen and oxygen atoms in total. The molecule has 1 atom stereocenters. The third-order valence-electron chi connectivity index (χ3n) is 0.568. The predicted molar refractivity (Wildman–Crippen MR) is 45.3 cm³/mol. The number of rotatable bonds is 2. The lowest BCUT2D eigenvalue weighted by Crippen LogP contribution is -1.97. The zero-order valence-electron chi connectivity index (χ0n) is 4.93. The quantitative estimate of drug-likeness (QED) is 0.334. The molecule has 0 aliphatic heterocycles. The molecule has 0 heterocycles. The standard InChI is InChI=1S/C5H6IN3/c1-4(6)9-5(2-7)3-8/h2,4,7H,1H3. The molecular weight excluding hydrogens is 229 g/mol. The second-order valence-corrected chi connectivity index (χ2v) is 3.15. The topological polar surface area (TPSA) is 60.0 Å². The molecule has 1 unspecified atom stereocenters. The molecule has 1 N–H and O–H groups in total. The Morgan fingerprint density at radius 1 is 2.00 bits per heavy atom. The van der Waals surface area contributed by atoms with Crippen LogP contribution in [-0.2, 0) is 0 Å². The van der Waals surface area contributed by atoms with E-state index in [0.29, 0.717) is 0 Å². The molecule has 0 aliphatic carbocycles. The van der Waals surface area contributed by atoms with E-state index in [0.717, 1.165) is 6.21 Å². The minimum atomic E-state index is 0.0684. The van der Waals surface area contributed by atoms with Crippen molar-refractivity contribution in [2.24, 2.45) is 4.99 Å². The smallest absolute Gasteiger partial charge is 0.153 e. The van der Waals surface area contributed by atoms with Crippen LogP contribution in [0.5, 0.6) is 0 Å². The third-order valence-corrected chi connectivity index (χ3v) is 0.847. The summed E-state index contributed by atoms with van der Waals surface area (Å²) in [6, 6.07) is 1.79. The van der Waals surface area contributed by atoms with Gasteiger partial charge in [-0.15, -0.1) is 0 Å². The van der Waals surface area contributed by atoms with E-state index in [9.17, 15) is 0 Å². The average molecular weight is 235 g/mol. The van der Waals surface area contributed by atoms with Gasteiger partial charge in [0.2, 0.25) is 0 Å². The Labute approximate surface area is 67.4 Å². The molecule has 4 heteroatoms. The molecule has 0 spiro atoms. The van der Waals surface area contributed by atoms with E-state index in [4.69, 9.17) is 10.7 Å². The number of hydrogen-bond acceptors (Lipinski definition) is 3. The molecule has 0 saturated carbocycles. The molecular formula is C5H6IN3. The molecule has 48 valence electrons. The highest BCUT2D eigenvalue weighted by molar-refractivity contribution is 14.1. The first-order valence-electron chi connectivity index (χ1n) is 2.33. The first kappa shape index (κ1) is 8.56. The van der Waals surface area contributed by atoms with Crippen LogP contribution in [0.1, 0.15) is 6.92 Å². The molecule has 0 fully saturated rings. The number of alkyl halides is 1. The fourth-order valence-electron chi connectivity index (χ4n) is 0.290. The molecule has 0 aromatic heterocycles. The van der Waals surface area contributed by atoms with Crippen molar-refractivity contribution in [2.75, 3.05) is 0 Å². The van der Waals surface area contributed by atoms with Gasteiger partial charge in [0.1, 0.15) is 6.07 Å². The predicted octanol–water partition coefficient (Wildman–Crippen LogP) is 1.38. The number of hydrogen-bond donors (Lipinski definition) is 1. The van der Waals surface area contributed by atoms with E-state index >= 15 is 0 Å². The van der Waals surface area contributed by atoms with Crippen LogP contribution in [0.4, 0.5) is 0 Å². The molecule has 0 aromatic carbocycles. The van der Waals surface area contributed by atoms with Crippen molar-refractivity contribution in [1.29, 1.82) is 10.7 Å². The maximum atomic E-state index is 8.24. The first-order chi connectivity index (χ1) is 4.20. The summed E-state index contributed by atoms with van der Waals surface area (Å²) >= 11 is 2.06. The number of halogens is 1. The Bertz CT molecular complexity index is 166. The summed E-state index contributed by atoms with van der Waals surface area (Å²) in [4.78, 5) is 3.81. The summed E-state index contributed by atoms with van der Waals surface area (Å²) in [6.45, 7) is 1.85. The van der Waals surface area contributed by atoms with Crippen LogP contribution < -0.4 is 0 Å². The SMILES string of the molecule is CC(I)N=C(C#N)C=N. The van der Waals surface area contributed by atoms with Crippen LogP contribution in [0, 0.1) is 16.7 Å². The lowest BCUT2D eigenvalue weighted by molar-refractivity contribution is 1.09. The molecule has 0 saturated heterocycles. The van der Waals surface area contributed by atoms with Gasteiger partial charge in [-0.1, -0.05) is 22.6 Å². The molecule has 0 amide bonds. The van der Waals surface area contributed by atoms with Gasteiger partial charge in [0.05, 0.1) is 10.3 Å². The Balaban J connectivity index is 4.12. The van der Waals surface area contributed by atoms with Gasteiger partial charge in [-0.05, 0) is 6.92 Å². The molecule has 0 aromatic rings. The zero-order chi connectivity index (χ0) is 7.28. The van der Waals surface area contributed by atoms with Crippen LogP contribution in [-0.4, -0.2) is 16.0 Å². The van der Waals surface area contributed by atoms with Crippen molar-refractivity contribution < 1.29 is 0 Å². The Kier molecular flexibility index (Phi) is 4.22. The summed E-state index contributed by atoms with van der Waals surface area (Å²) in [7, 11) is 0. The van der Waals surface area contributed by atoms with E-state index in [-0.39, 0.29) is 9.76 Å². The van der Waals surface area contributed by atoms with Gasteiger partial charge in [0, 0.05) is 0 Å². The highest BCUT2D eigenvalue weighted by Gasteiger charge is 1.92. The zero-order valence-corrected chi connectivity index (χ0v) is 7.08. The third kappa shape index (κ3) is 4.09. The van der Waals surface area contributed by atoms with Crippen LogP contribution in [0.3, 0.4) is 0 Å². The van der Waals surface area contributed by atoms with E-state index in [1.807, 2.05) is 6.92 Å². The number of nitrogens with zero attached hydrogens (tertiary/aromatic N) is 2. The molecule has 0 bridgehead atoms. The monoisotopic (exact) mass is 235 g/mol. The maximum Gasteiger partial charge on any atom is 0.153 e. The normalized spacial score (nSPS) is 14.1. The van der Waals surface area contributed by atoms with Crippen molar-refractivity contribution >= 4 is 34.5 Å². The lowest BCUT2D eigenvalue weighted by atomic mass is 10.4. The maximum absolute atomic E-state index is 8.24. The van der Waals surface area contributed by atoms with Crippen molar-refractivity contribution in [1.82, 2.24) is 0 Å². The van der Waals surface area contributed by atoms with Crippen LogP contribution in [0.2, 0.25) is 0 Å². The average Bonchev–Trinajstić information content (AvgIpc) is 1.82. The van der Waals surface area contributed by atoms with E-state index in [2.05, 4.69) is 27.6 Å².